The molecule has 2 rings (SSSR count). The van der Waals surface area contributed by atoms with E-state index in [2.05, 4.69) is 20.7 Å². The lowest BCUT2D eigenvalue weighted by Gasteiger charge is -1.98. The smallest absolute Gasteiger partial charge is 0.396 e. The first-order valence-electron chi connectivity index (χ1n) is 5.95. The highest BCUT2D eigenvalue weighted by molar-refractivity contribution is 7.99. The van der Waals surface area contributed by atoms with Crippen LogP contribution in [0.3, 0.4) is 0 Å². The molecule has 2 aromatic rings. The summed E-state index contributed by atoms with van der Waals surface area (Å²) in [5.41, 5.74) is 0. The fraction of sp³-hybridized carbons (Fsp3) is 0.364. The number of anilines is 1. The van der Waals surface area contributed by atoms with Crippen molar-refractivity contribution in [1.29, 1.82) is 0 Å². The number of esters is 1. The standard InChI is InChI=1S/C11H12N4O5S/c1-3-18-10(17)9-13-14-11(19-9)21-5-8(16)12-7-4-6(2)20-15-7/h4H,3,5H2,1-2H3,(H,12,15,16). The molecule has 0 unspecified atom stereocenters. The lowest BCUT2D eigenvalue weighted by molar-refractivity contribution is -0.113. The van der Waals surface area contributed by atoms with Crippen LogP contribution < -0.4 is 5.32 Å². The van der Waals surface area contributed by atoms with Crippen molar-refractivity contribution in [3.8, 4) is 0 Å². The first-order chi connectivity index (χ1) is 10.1. The molecular weight excluding hydrogens is 300 g/mol. The van der Waals surface area contributed by atoms with Crippen LogP contribution in [0.5, 0.6) is 0 Å². The van der Waals surface area contributed by atoms with Gasteiger partial charge in [-0.2, -0.15) is 0 Å². The molecule has 0 fully saturated rings. The van der Waals surface area contributed by atoms with E-state index in [9.17, 15) is 9.59 Å². The maximum absolute atomic E-state index is 11.6. The Morgan fingerprint density at radius 2 is 2.24 bits per heavy atom. The molecule has 1 N–H and O–H groups in total. The van der Waals surface area contributed by atoms with Crippen LogP contribution in [-0.2, 0) is 9.53 Å². The predicted molar refractivity (Wildman–Crippen MR) is 70.8 cm³/mol. The second kappa shape index (κ2) is 6.88. The zero-order valence-electron chi connectivity index (χ0n) is 11.3. The molecule has 0 radical (unpaired) electrons. The van der Waals surface area contributed by atoms with Crippen LogP contribution in [0.4, 0.5) is 5.82 Å². The Morgan fingerprint density at radius 1 is 1.43 bits per heavy atom. The Kier molecular flexibility index (Phi) is 4.93. The topological polar surface area (TPSA) is 120 Å². The number of hydrogen-bond acceptors (Lipinski definition) is 9. The molecule has 0 spiro atoms. The molecule has 0 aromatic carbocycles. The average Bonchev–Trinajstić information content (AvgIpc) is 3.06. The van der Waals surface area contributed by atoms with Gasteiger partial charge in [0.25, 0.3) is 5.22 Å². The van der Waals surface area contributed by atoms with E-state index in [1.165, 1.54) is 0 Å². The first kappa shape index (κ1) is 15.0. The van der Waals surface area contributed by atoms with Gasteiger partial charge in [-0.15, -0.1) is 5.10 Å². The minimum Gasteiger partial charge on any atom is -0.459 e. The van der Waals surface area contributed by atoms with Crippen molar-refractivity contribution >= 4 is 29.5 Å². The zero-order chi connectivity index (χ0) is 15.2. The van der Waals surface area contributed by atoms with Crippen molar-refractivity contribution in [2.24, 2.45) is 0 Å². The number of rotatable bonds is 6. The van der Waals surface area contributed by atoms with E-state index in [0.29, 0.717) is 11.6 Å². The molecule has 112 valence electrons. The van der Waals surface area contributed by atoms with Crippen LogP contribution in [0.1, 0.15) is 23.4 Å². The van der Waals surface area contributed by atoms with Gasteiger partial charge in [0.2, 0.25) is 5.91 Å². The molecule has 9 nitrogen and oxygen atoms in total. The van der Waals surface area contributed by atoms with E-state index < -0.39 is 5.97 Å². The third-order valence-corrected chi connectivity index (χ3v) is 2.90. The van der Waals surface area contributed by atoms with Gasteiger partial charge in [-0.3, -0.25) is 4.79 Å². The van der Waals surface area contributed by atoms with Crippen molar-refractivity contribution in [1.82, 2.24) is 15.4 Å². The zero-order valence-corrected chi connectivity index (χ0v) is 12.1. The highest BCUT2D eigenvalue weighted by Gasteiger charge is 2.17. The summed E-state index contributed by atoms with van der Waals surface area (Å²) >= 11 is 0.992. The van der Waals surface area contributed by atoms with Gasteiger partial charge < -0.3 is 19.0 Å². The fourth-order valence-electron chi connectivity index (χ4n) is 1.27. The molecular formula is C11H12N4O5S. The van der Waals surface area contributed by atoms with Crippen LogP contribution in [-0.4, -0.2) is 39.6 Å². The second-order valence-electron chi connectivity index (χ2n) is 3.75. The summed E-state index contributed by atoms with van der Waals surface area (Å²) < 4.78 is 14.6. The molecule has 0 saturated carbocycles. The minimum absolute atomic E-state index is 0.0242. The first-order valence-corrected chi connectivity index (χ1v) is 6.93. The van der Waals surface area contributed by atoms with Crippen LogP contribution in [0, 0.1) is 6.92 Å². The Morgan fingerprint density at radius 3 is 2.90 bits per heavy atom. The van der Waals surface area contributed by atoms with Crippen LogP contribution in [0.25, 0.3) is 0 Å². The Balaban J connectivity index is 1.82. The number of aryl methyl sites for hydroxylation is 1. The molecule has 10 heteroatoms. The molecule has 0 aliphatic carbocycles. The van der Waals surface area contributed by atoms with Crippen molar-refractivity contribution in [2.45, 2.75) is 19.1 Å². The van der Waals surface area contributed by atoms with Crippen molar-refractivity contribution in [3.63, 3.8) is 0 Å². The van der Waals surface area contributed by atoms with Gasteiger partial charge in [0.1, 0.15) is 5.76 Å². The quantitative estimate of drug-likeness (QED) is 0.620. The van der Waals surface area contributed by atoms with Crippen molar-refractivity contribution in [3.05, 3.63) is 17.7 Å². The third kappa shape index (κ3) is 4.31. The fourth-order valence-corrected chi connectivity index (χ4v) is 1.84. The number of thioether (sulfide) groups is 1. The predicted octanol–water partition coefficient (Wildman–Crippen LogP) is 1.27. The maximum atomic E-state index is 11.6. The van der Waals surface area contributed by atoms with Crippen molar-refractivity contribution in [2.75, 3.05) is 17.7 Å². The Bertz CT molecular complexity index is 638. The van der Waals surface area contributed by atoms with Gasteiger partial charge in [-0.25, -0.2) is 4.79 Å². The van der Waals surface area contributed by atoms with E-state index in [1.807, 2.05) is 0 Å². The molecule has 2 aromatic heterocycles. The number of ether oxygens (including phenoxy) is 1. The lowest BCUT2D eigenvalue weighted by atomic mass is 10.5. The van der Waals surface area contributed by atoms with Crippen LogP contribution in [0.15, 0.2) is 20.2 Å². The van der Waals surface area contributed by atoms with Gasteiger partial charge in [0.15, 0.2) is 5.82 Å². The highest BCUT2D eigenvalue weighted by Crippen LogP contribution is 2.17. The van der Waals surface area contributed by atoms with Gasteiger partial charge in [0.05, 0.1) is 12.4 Å². The number of hydrogen-bond donors (Lipinski definition) is 1. The van der Waals surface area contributed by atoms with Crippen LogP contribution >= 0.6 is 11.8 Å². The normalized spacial score (nSPS) is 10.4. The molecule has 21 heavy (non-hydrogen) atoms. The van der Waals surface area contributed by atoms with Gasteiger partial charge in [0, 0.05) is 6.07 Å². The SMILES string of the molecule is CCOC(=O)c1nnc(SCC(=O)Nc2cc(C)on2)o1. The summed E-state index contributed by atoms with van der Waals surface area (Å²) in [6, 6.07) is 1.59. The second-order valence-corrected chi connectivity index (χ2v) is 4.68. The van der Waals surface area contributed by atoms with E-state index in [-0.39, 0.29) is 29.4 Å². The number of carbonyl (C=O) groups is 2. The van der Waals surface area contributed by atoms with E-state index in [0.717, 1.165) is 11.8 Å². The summed E-state index contributed by atoms with van der Waals surface area (Å²) in [4.78, 5) is 23.0. The molecule has 0 aliphatic rings. The Labute approximate surface area is 123 Å². The summed E-state index contributed by atoms with van der Waals surface area (Å²) in [6.45, 7) is 3.59. The molecule has 0 atom stereocenters. The summed E-state index contributed by atoms with van der Waals surface area (Å²) in [7, 11) is 0. The van der Waals surface area contributed by atoms with Gasteiger partial charge in [-0.05, 0) is 13.8 Å². The van der Waals surface area contributed by atoms with E-state index in [1.54, 1.807) is 19.9 Å². The molecule has 2 heterocycles. The number of nitrogens with one attached hydrogen (secondary N) is 1. The molecule has 0 saturated heterocycles. The van der Waals surface area contributed by atoms with Gasteiger partial charge in [-0.1, -0.05) is 22.0 Å². The number of aromatic nitrogens is 3. The average molecular weight is 312 g/mol. The lowest BCUT2D eigenvalue weighted by Crippen LogP contribution is -2.14. The highest BCUT2D eigenvalue weighted by atomic mass is 32.2. The minimum atomic E-state index is -0.695. The third-order valence-electron chi connectivity index (χ3n) is 2.08. The maximum Gasteiger partial charge on any atom is 0.396 e. The largest absolute Gasteiger partial charge is 0.459 e. The number of carbonyl (C=O) groups excluding carboxylic acids is 2. The van der Waals surface area contributed by atoms with E-state index >= 15 is 0 Å². The summed E-state index contributed by atoms with van der Waals surface area (Å²) in [5.74, 6) is -0.309. The van der Waals surface area contributed by atoms with Crippen LogP contribution in [0.2, 0.25) is 0 Å². The molecule has 0 aliphatic heterocycles. The van der Waals surface area contributed by atoms with Crippen molar-refractivity contribution < 1.29 is 23.3 Å². The summed E-state index contributed by atoms with van der Waals surface area (Å²) in [5, 5.41) is 13.4. The van der Waals surface area contributed by atoms with Gasteiger partial charge >= 0.3 is 11.9 Å². The molecule has 1 amide bonds. The Hall–Kier alpha value is -2.36. The number of amides is 1. The number of nitrogens with zero attached hydrogens (tertiary/aromatic N) is 3. The molecule has 0 bridgehead atoms. The monoisotopic (exact) mass is 312 g/mol. The van der Waals surface area contributed by atoms with E-state index in [4.69, 9.17) is 13.7 Å². The summed E-state index contributed by atoms with van der Waals surface area (Å²) in [6.07, 6.45) is 0.